The van der Waals surface area contributed by atoms with Gasteiger partial charge in [-0.3, -0.25) is 14.8 Å². The summed E-state index contributed by atoms with van der Waals surface area (Å²) < 4.78 is 0. The van der Waals surface area contributed by atoms with Gasteiger partial charge in [-0.2, -0.15) is 5.10 Å². The molecule has 1 fully saturated rings. The minimum atomic E-state index is -0.143. The third-order valence-corrected chi connectivity index (χ3v) is 6.44. The molecular weight excluding hydrogens is 402 g/mol. The van der Waals surface area contributed by atoms with Crippen LogP contribution in [0.4, 0.5) is 5.82 Å². The van der Waals surface area contributed by atoms with Gasteiger partial charge in [0.25, 0.3) is 5.91 Å². The van der Waals surface area contributed by atoms with Gasteiger partial charge in [-0.15, -0.1) is 0 Å². The van der Waals surface area contributed by atoms with Crippen molar-refractivity contribution in [1.82, 2.24) is 29.9 Å². The number of anilines is 1. The molecule has 0 bridgehead atoms. The van der Waals surface area contributed by atoms with Crippen LogP contribution in [0.2, 0.25) is 0 Å². The molecule has 1 atom stereocenters. The smallest absolute Gasteiger partial charge is 0.256 e. The zero-order valence-corrected chi connectivity index (χ0v) is 18.6. The molecule has 8 nitrogen and oxygen atoms in total. The number of aromatic nitrogens is 3. The number of hydrogen-bond donors (Lipinski definition) is 2. The summed E-state index contributed by atoms with van der Waals surface area (Å²) in [6, 6.07) is 2.39. The number of pyridine rings is 1. The Morgan fingerprint density at radius 2 is 2.00 bits per heavy atom. The van der Waals surface area contributed by atoms with E-state index in [1.54, 1.807) is 0 Å². The summed E-state index contributed by atoms with van der Waals surface area (Å²) in [4.78, 5) is 24.3. The number of amides is 1. The van der Waals surface area contributed by atoms with Crippen molar-refractivity contribution in [3.05, 3.63) is 60.0 Å². The Hall–Kier alpha value is -3.23. The maximum atomic E-state index is 12.9. The summed E-state index contributed by atoms with van der Waals surface area (Å²) in [6.07, 6.45) is 15.1. The number of likely N-dealkylation sites (N-methyl/N-ethyl adjacent to an activating group) is 2. The number of carbonyl (C=O) groups excluding carboxylic acids is 1. The molecule has 0 aromatic carbocycles. The van der Waals surface area contributed by atoms with E-state index in [1.165, 1.54) is 0 Å². The Morgan fingerprint density at radius 3 is 2.72 bits per heavy atom. The SMILES string of the molecule is CN1C=CC(c2cnc3[nH]nc(NC(=O)C4=CCC(N5CCN(C)CC5)C=C4)c3c2)=CC1. The highest BCUT2D eigenvalue weighted by molar-refractivity contribution is 6.09. The van der Waals surface area contributed by atoms with E-state index in [0.29, 0.717) is 23.1 Å². The van der Waals surface area contributed by atoms with Crippen molar-refractivity contribution in [3.63, 3.8) is 0 Å². The van der Waals surface area contributed by atoms with Crippen molar-refractivity contribution in [2.45, 2.75) is 12.5 Å². The molecule has 0 radical (unpaired) electrons. The molecule has 32 heavy (non-hydrogen) atoms. The Morgan fingerprint density at radius 1 is 1.16 bits per heavy atom. The fourth-order valence-corrected chi connectivity index (χ4v) is 4.33. The Labute approximate surface area is 188 Å². The van der Waals surface area contributed by atoms with Gasteiger partial charge in [0.1, 0.15) is 0 Å². The first kappa shape index (κ1) is 20.7. The first-order chi connectivity index (χ1) is 15.6. The van der Waals surface area contributed by atoms with E-state index in [0.717, 1.165) is 55.7 Å². The number of allylic oxidation sites excluding steroid dienone is 2. The number of carbonyl (C=O) groups is 1. The Kier molecular flexibility index (Phi) is 5.63. The molecule has 2 aromatic heterocycles. The molecule has 1 aliphatic carbocycles. The molecule has 8 heteroatoms. The predicted octanol–water partition coefficient (Wildman–Crippen LogP) is 2.24. The average molecular weight is 432 g/mol. The second-order valence-corrected chi connectivity index (χ2v) is 8.72. The molecule has 3 aliphatic rings. The van der Waals surface area contributed by atoms with Crippen LogP contribution in [-0.2, 0) is 4.79 Å². The lowest BCUT2D eigenvalue weighted by atomic mass is 10.0. The van der Waals surface area contributed by atoms with Gasteiger partial charge in [-0.05, 0) is 37.4 Å². The van der Waals surface area contributed by atoms with E-state index in [9.17, 15) is 4.79 Å². The first-order valence-corrected chi connectivity index (χ1v) is 11.1. The molecule has 0 saturated carbocycles. The zero-order chi connectivity index (χ0) is 22.1. The second kappa shape index (κ2) is 8.72. The quantitative estimate of drug-likeness (QED) is 0.773. The molecule has 1 unspecified atom stereocenters. The number of piperazine rings is 1. The van der Waals surface area contributed by atoms with E-state index in [-0.39, 0.29) is 5.91 Å². The molecule has 2 N–H and O–H groups in total. The highest BCUT2D eigenvalue weighted by atomic mass is 16.1. The van der Waals surface area contributed by atoms with Crippen LogP contribution in [0.1, 0.15) is 12.0 Å². The van der Waals surface area contributed by atoms with Crippen LogP contribution < -0.4 is 5.32 Å². The standard InChI is InChI=1S/C24H29N7O/c1-29-9-7-17(8-10-29)19-15-21-22(25-16-19)27-28-23(21)26-24(32)18-3-5-20(6-4-18)31-13-11-30(2)12-14-31/h3-5,7-9,15-16,20H,6,10-14H2,1-2H3,(H2,25,26,27,28,32). The first-order valence-electron chi connectivity index (χ1n) is 11.1. The van der Waals surface area contributed by atoms with Crippen LogP contribution in [0.15, 0.2) is 54.4 Å². The van der Waals surface area contributed by atoms with E-state index in [2.05, 4.69) is 66.7 Å². The van der Waals surface area contributed by atoms with Crippen LogP contribution in [-0.4, -0.2) is 88.6 Å². The number of hydrogen-bond acceptors (Lipinski definition) is 6. The molecule has 2 aromatic rings. The fourth-order valence-electron chi connectivity index (χ4n) is 4.33. The zero-order valence-electron chi connectivity index (χ0n) is 18.6. The summed E-state index contributed by atoms with van der Waals surface area (Å²) in [5, 5.41) is 11.0. The number of fused-ring (bicyclic) bond motifs is 1. The molecule has 0 spiro atoms. The molecule has 5 rings (SSSR count). The van der Waals surface area contributed by atoms with E-state index in [1.807, 2.05) is 31.5 Å². The van der Waals surface area contributed by atoms with Crippen molar-refractivity contribution in [2.75, 3.05) is 52.1 Å². The number of aromatic amines is 1. The average Bonchev–Trinajstić information content (AvgIpc) is 3.22. The third kappa shape index (κ3) is 4.24. The van der Waals surface area contributed by atoms with Crippen molar-refractivity contribution < 1.29 is 4.79 Å². The van der Waals surface area contributed by atoms with E-state index in [4.69, 9.17) is 0 Å². The summed E-state index contributed by atoms with van der Waals surface area (Å²) in [7, 11) is 4.20. The monoisotopic (exact) mass is 431 g/mol. The normalized spacial score (nSPS) is 22.2. The van der Waals surface area contributed by atoms with E-state index < -0.39 is 0 Å². The molecule has 4 heterocycles. The number of H-pyrrole nitrogens is 1. The third-order valence-electron chi connectivity index (χ3n) is 6.44. The minimum absolute atomic E-state index is 0.143. The predicted molar refractivity (Wildman–Crippen MR) is 127 cm³/mol. The van der Waals surface area contributed by atoms with Crippen LogP contribution in [0.3, 0.4) is 0 Å². The van der Waals surface area contributed by atoms with Gasteiger partial charge in [0.2, 0.25) is 0 Å². The topological polar surface area (TPSA) is 80.4 Å². The largest absolute Gasteiger partial charge is 0.377 e. The van der Waals surface area contributed by atoms with Crippen molar-refractivity contribution in [1.29, 1.82) is 0 Å². The molecule has 1 saturated heterocycles. The number of nitrogens with one attached hydrogen (secondary N) is 2. The van der Waals surface area contributed by atoms with Gasteiger partial charge in [-0.25, -0.2) is 4.98 Å². The van der Waals surface area contributed by atoms with Crippen molar-refractivity contribution >= 4 is 28.3 Å². The summed E-state index contributed by atoms with van der Waals surface area (Å²) in [5.74, 6) is 0.364. The van der Waals surface area contributed by atoms with Gasteiger partial charge in [-0.1, -0.05) is 24.3 Å². The van der Waals surface area contributed by atoms with Crippen LogP contribution >= 0.6 is 0 Å². The highest BCUT2D eigenvalue weighted by Gasteiger charge is 2.23. The Bertz CT molecular complexity index is 1130. The highest BCUT2D eigenvalue weighted by Crippen LogP contribution is 2.26. The summed E-state index contributed by atoms with van der Waals surface area (Å²) in [6.45, 7) is 5.17. The van der Waals surface area contributed by atoms with Gasteiger partial charge < -0.3 is 15.1 Å². The van der Waals surface area contributed by atoms with Gasteiger partial charge in [0.15, 0.2) is 11.5 Å². The van der Waals surface area contributed by atoms with Crippen LogP contribution in [0, 0.1) is 0 Å². The van der Waals surface area contributed by atoms with Gasteiger partial charge in [0, 0.05) is 63.1 Å². The van der Waals surface area contributed by atoms with Gasteiger partial charge in [0.05, 0.1) is 5.39 Å². The van der Waals surface area contributed by atoms with Gasteiger partial charge >= 0.3 is 0 Å². The number of rotatable bonds is 4. The van der Waals surface area contributed by atoms with Crippen LogP contribution in [0.25, 0.3) is 16.6 Å². The summed E-state index contributed by atoms with van der Waals surface area (Å²) in [5.41, 5.74) is 3.45. The molecular formula is C24H29N7O. The lowest BCUT2D eigenvalue weighted by Crippen LogP contribution is -2.48. The van der Waals surface area contributed by atoms with Crippen LogP contribution in [0.5, 0.6) is 0 Å². The van der Waals surface area contributed by atoms with E-state index >= 15 is 0 Å². The molecule has 166 valence electrons. The maximum Gasteiger partial charge on any atom is 0.256 e. The van der Waals surface area contributed by atoms with Crippen molar-refractivity contribution in [2.24, 2.45) is 0 Å². The van der Waals surface area contributed by atoms with Crippen molar-refractivity contribution in [3.8, 4) is 0 Å². The summed E-state index contributed by atoms with van der Waals surface area (Å²) >= 11 is 0. The lowest BCUT2D eigenvalue weighted by molar-refractivity contribution is -0.112. The molecule has 1 amide bonds. The fraction of sp³-hybridized carbons (Fsp3) is 0.375. The minimum Gasteiger partial charge on any atom is -0.377 e. The second-order valence-electron chi connectivity index (χ2n) is 8.72. The number of nitrogens with zero attached hydrogens (tertiary/aromatic N) is 5. The maximum absolute atomic E-state index is 12.9. The molecule has 2 aliphatic heterocycles. The Balaban J connectivity index is 1.27. The lowest BCUT2D eigenvalue weighted by Gasteiger charge is -2.37.